The molecule has 0 radical (unpaired) electrons. The predicted octanol–water partition coefficient (Wildman–Crippen LogP) is 4.20. The van der Waals surface area contributed by atoms with Crippen LogP contribution in [0.3, 0.4) is 0 Å². The molecule has 4 aromatic rings. The number of aliphatic imine (C=N–C) groups is 1. The lowest BCUT2D eigenvalue weighted by Crippen LogP contribution is -2.46. The van der Waals surface area contributed by atoms with Gasteiger partial charge in [0.1, 0.15) is 17.4 Å². The van der Waals surface area contributed by atoms with E-state index in [1.165, 1.54) is 17.7 Å². The molecule has 12 heteroatoms. The Hall–Kier alpha value is -5.10. The summed E-state index contributed by atoms with van der Waals surface area (Å²) in [6, 6.07) is 19.7. The van der Waals surface area contributed by atoms with E-state index < -0.39 is 0 Å². The Morgan fingerprint density at radius 3 is 2.20 bits per heavy atom. The molecular weight excluding hydrogens is 563 g/mol. The molecule has 1 aliphatic heterocycles. The molecule has 1 aromatic heterocycles. The first kappa shape index (κ1) is 30.4. The Bertz CT molecular complexity index is 1590. The minimum Gasteiger partial charge on any atom is -0.497 e. The second-order valence-corrected chi connectivity index (χ2v) is 10.3. The summed E-state index contributed by atoms with van der Waals surface area (Å²) in [4.78, 5) is 18.6. The number of halogens is 1. The first-order valence-electron chi connectivity index (χ1n) is 14.2. The van der Waals surface area contributed by atoms with Crippen LogP contribution in [-0.2, 0) is 13.1 Å². The van der Waals surface area contributed by atoms with Gasteiger partial charge in [0.05, 0.1) is 21.3 Å². The molecule has 0 spiro atoms. The molecule has 230 valence electrons. The summed E-state index contributed by atoms with van der Waals surface area (Å²) in [5.74, 6) is 2.98. The molecule has 5 rings (SSSR count). The molecular formula is C32H37FN8O3. The van der Waals surface area contributed by atoms with Crippen molar-refractivity contribution >= 4 is 29.1 Å². The highest BCUT2D eigenvalue weighted by Crippen LogP contribution is 2.35. The number of benzene rings is 3. The molecule has 1 fully saturated rings. The molecule has 3 aromatic carbocycles. The highest BCUT2D eigenvalue weighted by molar-refractivity contribution is 6.01. The second kappa shape index (κ2) is 13.9. The molecule has 1 saturated heterocycles. The number of aromatic nitrogens is 2. The van der Waals surface area contributed by atoms with Crippen LogP contribution in [-0.4, -0.2) is 68.2 Å². The number of nitrogens with two attached hydrogens (primary N) is 2. The van der Waals surface area contributed by atoms with Gasteiger partial charge in [0.25, 0.3) is 0 Å². The fourth-order valence-corrected chi connectivity index (χ4v) is 4.94. The van der Waals surface area contributed by atoms with Crippen molar-refractivity contribution < 1.29 is 18.6 Å². The first-order valence-corrected chi connectivity index (χ1v) is 14.2. The number of amidine groups is 1. The Balaban J connectivity index is 1.40. The number of rotatable bonds is 11. The molecule has 44 heavy (non-hydrogen) atoms. The van der Waals surface area contributed by atoms with Crippen LogP contribution in [0.1, 0.15) is 16.7 Å². The van der Waals surface area contributed by atoms with Gasteiger partial charge in [-0.3, -0.25) is 4.90 Å². The number of hydrogen-bond acceptors (Lipinski definition) is 10. The van der Waals surface area contributed by atoms with Gasteiger partial charge in [-0.25, -0.2) is 9.38 Å². The van der Waals surface area contributed by atoms with E-state index in [0.717, 1.165) is 30.9 Å². The predicted molar refractivity (Wildman–Crippen MR) is 171 cm³/mol. The van der Waals surface area contributed by atoms with Gasteiger partial charge in [-0.2, -0.15) is 9.97 Å². The summed E-state index contributed by atoms with van der Waals surface area (Å²) in [6.07, 6.45) is 0. The van der Waals surface area contributed by atoms with E-state index in [1.54, 1.807) is 51.7 Å². The zero-order valence-corrected chi connectivity index (χ0v) is 25.1. The van der Waals surface area contributed by atoms with Crippen molar-refractivity contribution in [1.82, 2.24) is 14.9 Å². The standard InChI is InChI=1S/C32H37FN8O3/c1-42-25-11-6-22(7-12-25)20-40-14-16-41(17-15-40)31-28(37-29(34)23-8-13-26(43-2)27(18-23)44-3)30(35)38-32(39-31)36-19-21-4-9-24(33)10-5-21/h4-13,18H,14-17,19-20H2,1-3H3,(H2,34,37)(H3,35,36,38,39). The molecule has 0 amide bonds. The second-order valence-electron chi connectivity index (χ2n) is 10.3. The highest BCUT2D eigenvalue weighted by atomic mass is 19.1. The topological polar surface area (TPSA) is 136 Å². The van der Waals surface area contributed by atoms with Gasteiger partial charge in [-0.15, -0.1) is 0 Å². The zero-order valence-electron chi connectivity index (χ0n) is 25.1. The molecule has 1 aliphatic rings. The van der Waals surface area contributed by atoms with Crippen molar-refractivity contribution in [2.45, 2.75) is 13.1 Å². The number of ether oxygens (including phenoxy) is 3. The van der Waals surface area contributed by atoms with E-state index in [9.17, 15) is 4.39 Å². The van der Waals surface area contributed by atoms with Crippen molar-refractivity contribution in [3.63, 3.8) is 0 Å². The third-order valence-corrected chi connectivity index (χ3v) is 7.41. The van der Waals surface area contributed by atoms with Crippen LogP contribution in [0, 0.1) is 5.82 Å². The maximum absolute atomic E-state index is 13.4. The summed E-state index contributed by atoms with van der Waals surface area (Å²) in [5.41, 5.74) is 16.1. The molecule has 11 nitrogen and oxygen atoms in total. The largest absolute Gasteiger partial charge is 0.497 e. The van der Waals surface area contributed by atoms with Crippen LogP contribution < -0.4 is 35.9 Å². The number of anilines is 3. The van der Waals surface area contributed by atoms with E-state index in [2.05, 4.69) is 32.2 Å². The van der Waals surface area contributed by atoms with E-state index >= 15 is 0 Å². The Kier molecular flexibility index (Phi) is 9.60. The SMILES string of the molecule is COc1ccc(CN2CCN(c3nc(NCc4ccc(F)cc4)nc(N)c3N=C(N)c3ccc(OC)c(OC)c3)CC2)cc1. The normalized spacial score (nSPS) is 13.9. The van der Waals surface area contributed by atoms with Gasteiger partial charge >= 0.3 is 0 Å². The maximum Gasteiger partial charge on any atom is 0.227 e. The lowest BCUT2D eigenvalue weighted by molar-refractivity contribution is 0.249. The van der Waals surface area contributed by atoms with Crippen LogP contribution >= 0.6 is 0 Å². The minimum absolute atomic E-state index is 0.181. The average Bonchev–Trinajstić information content (AvgIpc) is 3.05. The molecule has 0 aliphatic carbocycles. The Morgan fingerprint density at radius 1 is 0.864 bits per heavy atom. The number of nitrogens with zero attached hydrogens (tertiary/aromatic N) is 5. The third-order valence-electron chi connectivity index (χ3n) is 7.41. The van der Waals surface area contributed by atoms with Crippen LogP contribution in [0.25, 0.3) is 0 Å². The fraction of sp³-hybridized carbons (Fsp3) is 0.281. The summed E-state index contributed by atoms with van der Waals surface area (Å²) in [7, 11) is 4.80. The van der Waals surface area contributed by atoms with Crippen LogP contribution in [0.2, 0.25) is 0 Å². The number of nitrogen functional groups attached to an aromatic ring is 1. The smallest absolute Gasteiger partial charge is 0.227 e. The summed E-state index contributed by atoms with van der Waals surface area (Å²) >= 11 is 0. The van der Waals surface area contributed by atoms with E-state index in [1.807, 2.05) is 12.1 Å². The number of piperazine rings is 1. The average molecular weight is 601 g/mol. The quantitative estimate of drug-likeness (QED) is 0.170. The monoisotopic (exact) mass is 600 g/mol. The van der Waals surface area contributed by atoms with Crippen molar-refractivity contribution in [3.8, 4) is 17.2 Å². The van der Waals surface area contributed by atoms with Gasteiger partial charge < -0.3 is 35.9 Å². The number of nitrogens with one attached hydrogen (secondary N) is 1. The summed E-state index contributed by atoms with van der Waals surface area (Å²) < 4.78 is 29.5. The molecule has 0 unspecified atom stereocenters. The van der Waals surface area contributed by atoms with Gasteiger partial charge in [0, 0.05) is 44.8 Å². The molecule has 2 heterocycles. The summed E-state index contributed by atoms with van der Waals surface area (Å²) in [6.45, 7) is 4.23. The Morgan fingerprint density at radius 2 is 1.55 bits per heavy atom. The van der Waals surface area contributed by atoms with Crippen molar-refractivity contribution in [2.24, 2.45) is 10.7 Å². The van der Waals surface area contributed by atoms with Crippen LogP contribution in [0.15, 0.2) is 71.7 Å². The van der Waals surface area contributed by atoms with Gasteiger partial charge in [0.15, 0.2) is 28.8 Å². The lowest BCUT2D eigenvalue weighted by Gasteiger charge is -2.36. The Labute approximate surface area is 256 Å². The highest BCUT2D eigenvalue weighted by Gasteiger charge is 2.24. The van der Waals surface area contributed by atoms with Gasteiger partial charge in [-0.05, 0) is 53.6 Å². The minimum atomic E-state index is -0.294. The van der Waals surface area contributed by atoms with Gasteiger partial charge in [-0.1, -0.05) is 24.3 Å². The summed E-state index contributed by atoms with van der Waals surface area (Å²) in [5, 5.41) is 3.21. The number of hydrogen-bond donors (Lipinski definition) is 3. The first-order chi connectivity index (χ1) is 21.4. The van der Waals surface area contributed by atoms with Gasteiger partial charge in [0.2, 0.25) is 5.95 Å². The number of methoxy groups -OCH3 is 3. The maximum atomic E-state index is 13.4. The van der Waals surface area contributed by atoms with E-state index in [0.29, 0.717) is 54.2 Å². The fourth-order valence-electron chi connectivity index (χ4n) is 4.94. The lowest BCUT2D eigenvalue weighted by atomic mass is 10.2. The third kappa shape index (κ3) is 7.27. The van der Waals surface area contributed by atoms with Crippen molar-refractivity contribution in [2.75, 3.05) is 63.5 Å². The van der Waals surface area contributed by atoms with Crippen molar-refractivity contribution in [3.05, 3.63) is 89.2 Å². The van der Waals surface area contributed by atoms with E-state index in [-0.39, 0.29) is 17.5 Å². The van der Waals surface area contributed by atoms with Crippen LogP contribution in [0.4, 0.5) is 27.7 Å². The zero-order chi connectivity index (χ0) is 31.1. The molecule has 0 saturated carbocycles. The van der Waals surface area contributed by atoms with Crippen molar-refractivity contribution in [1.29, 1.82) is 0 Å². The molecule has 0 atom stereocenters. The van der Waals surface area contributed by atoms with E-state index in [4.69, 9.17) is 35.7 Å². The molecule has 5 N–H and O–H groups in total. The van der Waals surface area contributed by atoms with Crippen LogP contribution in [0.5, 0.6) is 17.2 Å². The molecule has 0 bridgehead atoms.